The fourth-order valence-corrected chi connectivity index (χ4v) is 2.68. The molecule has 0 unspecified atom stereocenters. The fourth-order valence-electron chi connectivity index (χ4n) is 2.68. The van der Waals surface area contributed by atoms with Gasteiger partial charge in [0, 0.05) is 17.4 Å². The van der Waals surface area contributed by atoms with Crippen LogP contribution < -0.4 is 10.1 Å². The topological polar surface area (TPSA) is 51.5 Å². The van der Waals surface area contributed by atoms with Crippen molar-refractivity contribution in [3.63, 3.8) is 0 Å². The molecule has 0 radical (unpaired) electrons. The molecule has 1 aromatic heterocycles. The number of furan rings is 1. The molecule has 0 saturated heterocycles. The van der Waals surface area contributed by atoms with Gasteiger partial charge in [-0.2, -0.15) is 0 Å². The van der Waals surface area contributed by atoms with Crippen LogP contribution in [-0.2, 0) is 17.6 Å². The average Bonchev–Trinajstić information content (AvgIpc) is 2.89. The molecule has 0 bridgehead atoms. The molecule has 108 valence electrons. The number of benzene rings is 1. The first-order valence-electron chi connectivity index (χ1n) is 7.15. The van der Waals surface area contributed by atoms with Gasteiger partial charge in [-0.1, -0.05) is 5.92 Å². The highest BCUT2D eigenvalue weighted by molar-refractivity contribution is 5.84. The maximum atomic E-state index is 11.5. The molecule has 1 aromatic carbocycles. The van der Waals surface area contributed by atoms with Gasteiger partial charge in [0.05, 0.1) is 6.54 Å². The van der Waals surface area contributed by atoms with Crippen LogP contribution in [0.3, 0.4) is 0 Å². The number of amides is 1. The molecule has 1 aliphatic carbocycles. The molecule has 0 atom stereocenters. The van der Waals surface area contributed by atoms with E-state index < -0.39 is 0 Å². The van der Waals surface area contributed by atoms with Crippen LogP contribution >= 0.6 is 0 Å². The minimum absolute atomic E-state index is 0.0345. The molecule has 0 spiro atoms. The number of aryl methyl sites for hydroxylation is 2. The van der Waals surface area contributed by atoms with E-state index in [4.69, 9.17) is 15.6 Å². The van der Waals surface area contributed by atoms with Crippen molar-refractivity contribution in [2.24, 2.45) is 0 Å². The number of ether oxygens (including phenoxy) is 1. The van der Waals surface area contributed by atoms with Crippen molar-refractivity contribution < 1.29 is 13.9 Å². The quantitative estimate of drug-likeness (QED) is 0.877. The van der Waals surface area contributed by atoms with E-state index in [2.05, 4.69) is 11.2 Å². The van der Waals surface area contributed by atoms with Gasteiger partial charge in [-0.25, -0.2) is 0 Å². The Morgan fingerprint density at radius 2 is 2.24 bits per heavy atom. The second kappa shape index (κ2) is 5.92. The van der Waals surface area contributed by atoms with Crippen molar-refractivity contribution in [2.45, 2.75) is 25.7 Å². The summed E-state index contributed by atoms with van der Waals surface area (Å²) in [5, 5.41) is 3.67. The number of carbonyl (C=O) groups is 1. The molecule has 21 heavy (non-hydrogen) atoms. The van der Waals surface area contributed by atoms with Gasteiger partial charge in [-0.15, -0.1) is 6.42 Å². The van der Waals surface area contributed by atoms with Crippen LogP contribution in [0, 0.1) is 12.3 Å². The van der Waals surface area contributed by atoms with Gasteiger partial charge in [-0.3, -0.25) is 4.79 Å². The first kappa shape index (κ1) is 13.6. The summed E-state index contributed by atoms with van der Waals surface area (Å²) in [4.78, 5) is 11.5. The van der Waals surface area contributed by atoms with Gasteiger partial charge in [-0.05, 0) is 37.5 Å². The summed E-state index contributed by atoms with van der Waals surface area (Å²) in [5.74, 6) is 3.90. The first-order chi connectivity index (χ1) is 10.3. The van der Waals surface area contributed by atoms with Crippen LogP contribution in [0.4, 0.5) is 0 Å². The zero-order valence-corrected chi connectivity index (χ0v) is 11.8. The van der Waals surface area contributed by atoms with Crippen LogP contribution in [0.5, 0.6) is 5.75 Å². The number of nitrogens with one attached hydrogen (secondary N) is 1. The zero-order chi connectivity index (χ0) is 14.7. The van der Waals surface area contributed by atoms with Gasteiger partial charge in [0.2, 0.25) is 0 Å². The van der Waals surface area contributed by atoms with E-state index in [1.165, 1.54) is 18.4 Å². The molecule has 2 aromatic rings. The van der Waals surface area contributed by atoms with Gasteiger partial charge < -0.3 is 14.5 Å². The number of fused-ring (bicyclic) bond motifs is 3. The molecule has 3 rings (SSSR count). The van der Waals surface area contributed by atoms with Gasteiger partial charge in [0.15, 0.2) is 6.61 Å². The Labute approximate surface area is 123 Å². The Bertz CT molecular complexity index is 709. The first-order valence-corrected chi connectivity index (χ1v) is 7.15. The lowest BCUT2D eigenvalue weighted by Crippen LogP contribution is -2.28. The molecular formula is C17H17NO3. The van der Waals surface area contributed by atoms with Crippen LogP contribution in [-0.4, -0.2) is 19.1 Å². The smallest absolute Gasteiger partial charge is 0.258 e. The lowest BCUT2D eigenvalue weighted by molar-refractivity contribution is -0.122. The summed E-state index contributed by atoms with van der Waals surface area (Å²) in [6, 6.07) is 5.69. The van der Waals surface area contributed by atoms with Crippen molar-refractivity contribution in [1.82, 2.24) is 5.32 Å². The van der Waals surface area contributed by atoms with E-state index in [9.17, 15) is 4.79 Å². The monoisotopic (exact) mass is 283 g/mol. The SMILES string of the molecule is C#CCNC(=O)COc1ccc2oc3c(c2c1)CCCC3. The molecule has 0 aliphatic heterocycles. The minimum Gasteiger partial charge on any atom is -0.484 e. The number of carbonyl (C=O) groups excluding carboxylic acids is 1. The average molecular weight is 283 g/mol. The highest BCUT2D eigenvalue weighted by Gasteiger charge is 2.18. The molecule has 0 fully saturated rings. The molecule has 4 heteroatoms. The molecule has 1 aliphatic rings. The third-order valence-corrected chi connectivity index (χ3v) is 3.68. The summed E-state index contributed by atoms with van der Waals surface area (Å²) in [6.07, 6.45) is 9.52. The van der Waals surface area contributed by atoms with E-state index in [1.54, 1.807) is 0 Å². The Kier molecular flexibility index (Phi) is 3.83. The standard InChI is InChI=1S/C17H17NO3/c1-2-9-18-17(19)11-20-12-7-8-16-14(10-12)13-5-3-4-6-15(13)21-16/h1,7-8,10H,3-6,9,11H2,(H,18,19). The maximum Gasteiger partial charge on any atom is 0.258 e. The normalized spacial score (nSPS) is 13.5. The van der Waals surface area contributed by atoms with Crippen molar-refractivity contribution in [3.8, 4) is 18.1 Å². The van der Waals surface area contributed by atoms with E-state index in [0.717, 1.165) is 29.6 Å². The third-order valence-electron chi connectivity index (χ3n) is 3.68. The second-order valence-corrected chi connectivity index (χ2v) is 5.14. The Hall–Kier alpha value is -2.41. The summed E-state index contributed by atoms with van der Waals surface area (Å²) in [5.41, 5.74) is 2.18. The van der Waals surface area contributed by atoms with Crippen molar-refractivity contribution >= 4 is 16.9 Å². The largest absolute Gasteiger partial charge is 0.484 e. The lowest BCUT2D eigenvalue weighted by atomic mass is 9.96. The van der Waals surface area contributed by atoms with Crippen LogP contribution in [0.15, 0.2) is 22.6 Å². The van der Waals surface area contributed by atoms with E-state index in [0.29, 0.717) is 5.75 Å². The number of rotatable bonds is 4. The highest BCUT2D eigenvalue weighted by Crippen LogP contribution is 2.33. The van der Waals surface area contributed by atoms with Crippen LogP contribution in [0.25, 0.3) is 11.0 Å². The molecule has 4 nitrogen and oxygen atoms in total. The number of hydrogen-bond acceptors (Lipinski definition) is 3. The predicted molar refractivity (Wildman–Crippen MR) is 80.2 cm³/mol. The van der Waals surface area contributed by atoms with Crippen molar-refractivity contribution in [2.75, 3.05) is 13.2 Å². The Balaban J connectivity index is 1.75. The summed E-state index contributed by atoms with van der Waals surface area (Å²) < 4.78 is 11.4. The predicted octanol–water partition coefficient (Wildman–Crippen LogP) is 2.44. The van der Waals surface area contributed by atoms with E-state index in [1.807, 2.05) is 18.2 Å². The zero-order valence-electron chi connectivity index (χ0n) is 11.8. The van der Waals surface area contributed by atoms with Crippen LogP contribution in [0.2, 0.25) is 0 Å². The summed E-state index contributed by atoms with van der Waals surface area (Å²) in [7, 11) is 0. The van der Waals surface area contributed by atoms with Crippen molar-refractivity contribution in [3.05, 3.63) is 29.5 Å². The van der Waals surface area contributed by atoms with Gasteiger partial charge in [0.1, 0.15) is 17.1 Å². The van der Waals surface area contributed by atoms with Crippen molar-refractivity contribution in [1.29, 1.82) is 0 Å². The summed E-state index contributed by atoms with van der Waals surface area (Å²) in [6.45, 7) is 0.184. The molecule has 1 amide bonds. The van der Waals surface area contributed by atoms with E-state index in [-0.39, 0.29) is 19.1 Å². The maximum absolute atomic E-state index is 11.5. The van der Waals surface area contributed by atoms with Gasteiger partial charge >= 0.3 is 0 Å². The van der Waals surface area contributed by atoms with Gasteiger partial charge in [0.25, 0.3) is 5.91 Å². The number of terminal acetylenes is 1. The fraction of sp³-hybridized carbons (Fsp3) is 0.353. The molecule has 1 N–H and O–H groups in total. The third kappa shape index (κ3) is 2.87. The molecule has 0 saturated carbocycles. The molecule has 1 heterocycles. The Morgan fingerprint density at radius 1 is 1.38 bits per heavy atom. The molecular weight excluding hydrogens is 266 g/mol. The Morgan fingerprint density at radius 3 is 3.10 bits per heavy atom. The summed E-state index contributed by atoms with van der Waals surface area (Å²) >= 11 is 0. The lowest BCUT2D eigenvalue weighted by Gasteiger charge is -2.09. The minimum atomic E-state index is -0.220. The number of hydrogen-bond donors (Lipinski definition) is 1. The van der Waals surface area contributed by atoms with E-state index >= 15 is 0 Å². The highest BCUT2D eigenvalue weighted by atomic mass is 16.5. The second-order valence-electron chi connectivity index (χ2n) is 5.14. The van der Waals surface area contributed by atoms with Crippen LogP contribution in [0.1, 0.15) is 24.2 Å².